The van der Waals surface area contributed by atoms with E-state index in [1.807, 2.05) is 24.4 Å². The fraction of sp³-hybridized carbons (Fsp3) is 0.381. The molecular formula is C21H25N5O. The largest absolute Gasteiger partial charge is 0.372 e. The summed E-state index contributed by atoms with van der Waals surface area (Å²) < 4.78 is 5.85. The minimum atomic E-state index is 0.196. The summed E-state index contributed by atoms with van der Waals surface area (Å²) in [7, 11) is 0. The highest BCUT2D eigenvalue weighted by Gasteiger charge is 2.23. The number of nitrogens with two attached hydrogens (primary N) is 1. The molecule has 6 nitrogen and oxygen atoms in total. The molecule has 3 aromatic heterocycles. The number of fused-ring (bicyclic) bond motifs is 1. The van der Waals surface area contributed by atoms with E-state index in [4.69, 9.17) is 20.4 Å². The van der Waals surface area contributed by atoms with Crippen LogP contribution in [0.5, 0.6) is 0 Å². The molecule has 0 aliphatic carbocycles. The van der Waals surface area contributed by atoms with Gasteiger partial charge in [-0.1, -0.05) is 6.07 Å². The molecule has 1 aliphatic heterocycles. The van der Waals surface area contributed by atoms with Crippen LogP contribution in [0.15, 0.2) is 36.5 Å². The number of ether oxygens (including phenoxy) is 1. The van der Waals surface area contributed by atoms with E-state index < -0.39 is 0 Å². The van der Waals surface area contributed by atoms with Crippen molar-refractivity contribution in [1.82, 2.24) is 15.0 Å². The van der Waals surface area contributed by atoms with Crippen LogP contribution >= 0.6 is 0 Å². The molecule has 6 heteroatoms. The minimum absolute atomic E-state index is 0.196. The van der Waals surface area contributed by atoms with Crippen molar-refractivity contribution in [2.45, 2.75) is 39.5 Å². The Bertz CT molecular complexity index is 964. The average Bonchev–Trinajstić information content (AvgIpc) is 2.66. The van der Waals surface area contributed by atoms with Crippen LogP contribution in [0, 0.1) is 6.92 Å². The second-order valence-electron chi connectivity index (χ2n) is 7.27. The predicted octanol–water partition coefficient (Wildman–Crippen LogP) is 3.07. The van der Waals surface area contributed by atoms with Gasteiger partial charge in [-0.3, -0.25) is 4.98 Å². The summed E-state index contributed by atoms with van der Waals surface area (Å²) >= 11 is 0. The van der Waals surface area contributed by atoms with Crippen molar-refractivity contribution in [3.8, 4) is 11.4 Å². The van der Waals surface area contributed by atoms with Crippen molar-refractivity contribution in [2.75, 3.05) is 18.0 Å². The van der Waals surface area contributed by atoms with E-state index in [0.717, 1.165) is 52.5 Å². The summed E-state index contributed by atoms with van der Waals surface area (Å²) in [4.78, 5) is 16.4. The van der Waals surface area contributed by atoms with Crippen LogP contribution in [0.4, 0.5) is 5.82 Å². The normalized spacial score (nSPS) is 20.2. The number of morpholine rings is 1. The summed E-state index contributed by atoms with van der Waals surface area (Å²) in [6.45, 7) is 8.37. The molecular weight excluding hydrogens is 338 g/mol. The van der Waals surface area contributed by atoms with E-state index in [1.54, 1.807) is 0 Å². The van der Waals surface area contributed by atoms with Gasteiger partial charge >= 0.3 is 0 Å². The molecule has 140 valence electrons. The number of rotatable bonds is 3. The second-order valence-corrected chi connectivity index (χ2v) is 7.27. The van der Waals surface area contributed by atoms with Gasteiger partial charge in [0.15, 0.2) is 0 Å². The van der Waals surface area contributed by atoms with Crippen molar-refractivity contribution < 1.29 is 4.74 Å². The molecule has 3 aromatic rings. The lowest BCUT2D eigenvalue weighted by molar-refractivity contribution is -0.00545. The zero-order valence-corrected chi connectivity index (χ0v) is 16.0. The Morgan fingerprint density at radius 3 is 2.63 bits per heavy atom. The number of pyridine rings is 3. The Kier molecular flexibility index (Phi) is 4.76. The smallest absolute Gasteiger partial charge is 0.129 e. The molecule has 1 saturated heterocycles. The minimum Gasteiger partial charge on any atom is -0.372 e. The Labute approximate surface area is 159 Å². The first kappa shape index (κ1) is 17.8. The highest BCUT2D eigenvalue weighted by atomic mass is 16.5. The van der Waals surface area contributed by atoms with Gasteiger partial charge in [0.1, 0.15) is 5.82 Å². The van der Waals surface area contributed by atoms with Gasteiger partial charge in [-0.15, -0.1) is 0 Å². The van der Waals surface area contributed by atoms with Crippen LogP contribution < -0.4 is 10.6 Å². The SMILES string of the molecule is Cc1ccc(N2CC(C)OC(C)C2)nc1-c1ccc2cnc(CN)cc2n1. The van der Waals surface area contributed by atoms with E-state index in [0.29, 0.717) is 6.54 Å². The van der Waals surface area contributed by atoms with E-state index >= 15 is 0 Å². The molecule has 1 aliphatic rings. The maximum Gasteiger partial charge on any atom is 0.129 e. The second kappa shape index (κ2) is 7.21. The van der Waals surface area contributed by atoms with Crippen LogP contribution in [-0.4, -0.2) is 40.2 Å². The van der Waals surface area contributed by atoms with Gasteiger partial charge in [0.05, 0.1) is 34.8 Å². The summed E-state index contributed by atoms with van der Waals surface area (Å²) in [5.41, 5.74) is 10.3. The first-order valence-corrected chi connectivity index (χ1v) is 9.37. The van der Waals surface area contributed by atoms with Crippen molar-refractivity contribution >= 4 is 16.7 Å². The Balaban J connectivity index is 1.74. The number of hydrogen-bond donors (Lipinski definition) is 1. The summed E-state index contributed by atoms with van der Waals surface area (Å²) in [5, 5.41) is 1.00. The molecule has 0 amide bonds. The third kappa shape index (κ3) is 3.63. The highest BCUT2D eigenvalue weighted by molar-refractivity contribution is 5.81. The number of nitrogens with zero attached hydrogens (tertiary/aromatic N) is 4. The Morgan fingerprint density at radius 1 is 1.11 bits per heavy atom. The fourth-order valence-corrected chi connectivity index (χ4v) is 3.62. The summed E-state index contributed by atoms with van der Waals surface area (Å²) in [6, 6.07) is 10.2. The molecule has 0 bridgehead atoms. The molecule has 2 N–H and O–H groups in total. The molecule has 2 unspecified atom stereocenters. The first-order chi connectivity index (χ1) is 13.0. The molecule has 0 aromatic carbocycles. The molecule has 27 heavy (non-hydrogen) atoms. The maximum absolute atomic E-state index is 5.85. The first-order valence-electron chi connectivity index (χ1n) is 9.37. The Morgan fingerprint density at radius 2 is 1.89 bits per heavy atom. The summed E-state index contributed by atoms with van der Waals surface area (Å²) in [6.07, 6.45) is 2.21. The van der Waals surface area contributed by atoms with Crippen LogP contribution in [0.3, 0.4) is 0 Å². The van der Waals surface area contributed by atoms with Crippen molar-refractivity contribution in [1.29, 1.82) is 0 Å². The zero-order chi connectivity index (χ0) is 19.0. The monoisotopic (exact) mass is 363 g/mol. The van der Waals surface area contributed by atoms with Gasteiger partial charge in [0.25, 0.3) is 0 Å². The van der Waals surface area contributed by atoms with Crippen LogP contribution in [0.25, 0.3) is 22.3 Å². The fourth-order valence-electron chi connectivity index (χ4n) is 3.62. The molecule has 4 rings (SSSR count). The molecule has 0 radical (unpaired) electrons. The lowest BCUT2D eigenvalue weighted by Gasteiger charge is -2.36. The van der Waals surface area contributed by atoms with Crippen molar-refractivity contribution in [3.05, 3.63) is 47.8 Å². The maximum atomic E-state index is 5.85. The molecule has 0 saturated carbocycles. The van der Waals surface area contributed by atoms with E-state index in [9.17, 15) is 0 Å². The van der Waals surface area contributed by atoms with Crippen LogP contribution in [-0.2, 0) is 11.3 Å². The highest BCUT2D eigenvalue weighted by Crippen LogP contribution is 2.26. The summed E-state index contributed by atoms with van der Waals surface area (Å²) in [5.74, 6) is 0.969. The molecule has 0 spiro atoms. The zero-order valence-electron chi connectivity index (χ0n) is 16.0. The molecule has 4 heterocycles. The number of aromatic nitrogens is 3. The van der Waals surface area contributed by atoms with Gasteiger partial charge in [-0.25, -0.2) is 9.97 Å². The van der Waals surface area contributed by atoms with Crippen LogP contribution in [0.2, 0.25) is 0 Å². The quantitative estimate of drug-likeness (QED) is 0.771. The topological polar surface area (TPSA) is 77.2 Å². The molecule has 2 atom stereocenters. The van der Waals surface area contributed by atoms with Gasteiger partial charge in [0, 0.05) is 31.2 Å². The lowest BCUT2D eigenvalue weighted by Crippen LogP contribution is -2.45. The average molecular weight is 363 g/mol. The van der Waals surface area contributed by atoms with Crippen molar-refractivity contribution in [2.24, 2.45) is 5.73 Å². The van der Waals surface area contributed by atoms with Gasteiger partial charge in [-0.05, 0) is 50.6 Å². The molecule has 1 fully saturated rings. The van der Waals surface area contributed by atoms with Gasteiger partial charge < -0.3 is 15.4 Å². The standard InChI is InChI=1S/C21H25N5O/c1-13-4-7-20(26-11-14(2)27-15(3)12-26)25-21(13)18-6-5-16-10-23-17(9-22)8-19(16)24-18/h4-8,10,14-15H,9,11-12,22H2,1-3H3. The van der Waals surface area contributed by atoms with E-state index in [-0.39, 0.29) is 12.2 Å². The van der Waals surface area contributed by atoms with E-state index in [2.05, 4.69) is 42.8 Å². The lowest BCUT2D eigenvalue weighted by atomic mass is 10.1. The van der Waals surface area contributed by atoms with Crippen molar-refractivity contribution in [3.63, 3.8) is 0 Å². The number of hydrogen-bond acceptors (Lipinski definition) is 6. The Hall–Kier alpha value is -2.57. The van der Waals surface area contributed by atoms with Gasteiger partial charge in [-0.2, -0.15) is 0 Å². The third-order valence-corrected chi connectivity index (χ3v) is 4.91. The van der Waals surface area contributed by atoms with E-state index in [1.165, 1.54) is 0 Å². The number of anilines is 1. The predicted molar refractivity (Wildman–Crippen MR) is 108 cm³/mol. The third-order valence-electron chi connectivity index (χ3n) is 4.91. The van der Waals surface area contributed by atoms with Crippen LogP contribution in [0.1, 0.15) is 25.1 Å². The number of aryl methyl sites for hydroxylation is 1. The van der Waals surface area contributed by atoms with Gasteiger partial charge in [0.2, 0.25) is 0 Å².